The normalized spacial score (nSPS) is 9.95. The van der Waals surface area contributed by atoms with Crippen LogP contribution in [0, 0.1) is 0 Å². The lowest BCUT2D eigenvalue weighted by Crippen LogP contribution is -2.29. The molecule has 1 aromatic rings. The maximum absolute atomic E-state index is 12.1. The topological polar surface area (TPSA) is 76.1 Å². The van der Waals surface area contributed by atoms with E-state index >= 15 is 0 Å². The van der Waals surface area contributed by atoms with E-state index in [0.29, 0.717) is 12.4 Å². The van der Waals surface area contributed by atoms with Gasteiger partial charge in [0, 0.05) is 19.7 Å². The first kappa shape index (κ1) is 15.8. The molecule has 0 bridgehead atoms. The van der Waals surface area contributed by atoms with Crippen LogP contribution in [0.3, 0.4) is 0 Å². The summed E-state index contributed by atoms with van der Waals surface area (Å²) in [5, 5.41) is 9.78. The largest absolute Gasteiger partial charge is 0.507 e. The Hall–Kier alpha value is -2.24. The van der Waals surface area contributed by atoms with Gasteiger partial charge in [-0.1, -0.05) is 0 Å². The number of phenols is 1. The van der Waals surface area contributed by atoms with Gasteiger partial charge in [-0.05, 0) is 19.1 Å². The zero-order valence-electron chi connectivity index (χ0n) is 11.9. The monoisotopic (exact) mass is 281 g/mol. The van der Waals surface area contributed by atoms with Crippen molar-refractivity contribution in [2.24, 2.45) is 0 Å². The number of esters is 1. The first-order chi connectivity index (χ1) is 9.49. The van der Waals surface area contributed by atoms with Gasteiger partial charge in [-0.15, -0.1) is 0 Å². The molecule has 0 aliphatic carbocycles. The van der Waals surface area contributed by atoms with E-state index in [0.717, 1.165) is 0 Å². The molecule has 6 nitrogen and oxygen atoms in total. The van der Waals surface area contributed by atoms with E-state index in [2.05, 4.69) is 0 Å². The fraction of sp³-hybridized carbons (Fsp3) is 0.429. The van der Waals surface area contributed by atoms with Gasteiger partial charge in [0.2, 0.25) is 0 Å². The minimum absolute atomic E-state index is 0.118. The Morgan fingerprint density at radius 2 is 2.05 bits per heavy atom. The molecule has 0 radical (unpaired) electrons. The lowest BCUT2D eigenvalue weighted by molar-refractivity contribution is -0.143. The molecule has 0 heterocycles. The molecule has 6 heteroatoms. The fourth-order valence-corrected chi connectivity index (χ4v) is 1.62. The third kappa shape index (κ3) is 4.15. The number of methoxy groups -OCH3 is 1. The van der Waals surface area contributed by atoms with E-state index in [9.17, 15) is 14.7 Å². The summed E-state index contributed by atoms with van der Waals surface area (Å²) in [4.78, 5) is 24.7. The summed E-state index contributed by atoms with van der Waals surface area (Å²) < 4.78 is 9.74. The first-order valence-electron chi connectivity index (χ1n) is 6.27. The Labute approximate surface area is 117 Å². The maximum Gasteiger partial charge on any atom is 0.307 e. The van der Waals surface area contributed by atoms with E-state index in [1.807, 2.05) is 0 Å². The van der Waals surface area contributed by atoms with Crippen LogP contribution in [0.5, 0.6) is 11.5 Å². The van der Waals surface area contributed by atoms with Crippen molar-refractivity contribution >= 4 is 11.9 Å². The average Bonchev–Trinajstić information content (AvgIpc) is 2.44. The molecule has 0 saturated carbocycles. The molecule has 20 heavy (non-hydrogen) atoms. The van der Waals surface area contributed by atoms with Crippen LogP contribution in [-0.4, -0.2) is 49.2 Å². The average molecular weight is 281 g/mol. The van der Waals surface area contributed by atoms with E-state index in [1.54, 1.807) is 20.0 Å². The van der Waals surface area contributed by atoms with E-state index in [4.69, 9.17) is 9.47 Å². The SMILES string of the molecule is CCOC(=O)CCN(C)C(=O)c1ccc(OC)cc1O. The third-order valence-electron chi connectivity index (χ3n) is 2.74. The smallest absolute Gasteiger partial charge is 0.307 e. The highest BCUT2D eigenvalue weighted by Crippen LogP contribution is 2.24. The van der Waals surface area contributed by atoms with Crippen molar-refractivity contribution in [1.29, 1.82) is 0 Å². The minimum atomic E-state index is -0.366. The Kier molecular flexibility index (Phi) is 5.83. The van der Waals surface area contributed by atoms with E-state index < -0.39 is 0 Å². The van der Waals surface area contributed by atoms with Crippen molar-refractivity contribution in [1.82, 2.24) is 4.90 Å². The van der Waals surface area contributed by atoms with Crippen LogP contribution in [0.15, 0.2) is 18.2 Å². The van der Waals surface area contributed by atoms with Crippen LogP contribution in [0.25, 0.3) is 0 Å². The number of hydrogen-bond donors (Lipinski definition) is 1. The van der Waals surface area contributed by atoms with Crippen molar-refractivity contribution < 1.29 is 24.2 Å². The number of hydrogen-bond acceptors (Lipinski definition) is 5. The molecule has 0 aliphatic heterocycles. The number of phenolic OH excluding ortho intramolecular Hbond substituents is 1. The zero-order valence-corrected chi connectivity index (χ0v) is 11.9. The zero-order chi connectivity index (χ0) is 15.1. The van der Waals surface area contributed by atoms with Gasteiger partial charge in [-0.2, -0.15) is 0 Å². The Balaban J connectivity index is 2.67. The molecule has 0 spiro atoms. The number of rotatable bonds is 6. The number of ether oxygens (including phenoxy) is 2. The highest BCUT2D eigenvalue weighted by Gasteiger charge is 2.17. The Bertz CT molecular complexity index is 486. The molecule has 1 aromatic carbocycles. The summed E-state index contributed by atoms with van der Waals surface area (Å²) in [7, 11) is 3.03. The van der Waals surface area contributed by atoms with Crippen LogP contribution in [0.1, 0.15) is 23.7 Å². The summed E-state index contributed by atoms with van der Waals surface area (Å²) in [6.07, 6.45) is 0.118. The van der Waals surface area contributed by atoms with Crippen molar-refractivity contribution in [3.63, 3.8) is 0 Å². The predicted molar refractivity (Wildman–Crippen MR) is 72.9 cm³/mol. The van der Waals surface area contributed by atoms with Gasteiger partial charge < -0.3 is 19.5 Å². The molecule has 0 unspecified atom stereocenters. The molecular weight excluding hydrogens is 262 g/mol. The quantitative estimate of drug-likeness (QED) is 0.798. The molecule has 110 valence electrons. The summed E-state index contributed by atoms with van der Waals surface area (Å²) in [5.41, 5.74) is 0.164. The van der Waals surface area contributed by atoms with Gasteiger partial charge in [-0.25, -0.2) is 0 Å². The molecule has 0 aliphatic rings. The van der Waals surface area contributed by atoms with Crippen LogP contribution in [0.4, 0.5) is 0 Å². The van der Waals surface area contributed by atoms with Gasteiger partial charge in [0.1, 0.15) is 11.5 Å². The molecular formula is C14H19NO5. The molecule has 0 saturated heterocycles. The fourth-order valence-electron chi connectivity index (χ4n) is 1.62. The molecule has 0 aromatic heterocycles. The number of amides is 1. The van der Waals surface area contributed by atoms with Gasteiger partial charge in [0.05, 0.1) is 25.7 Å². The van der Waals surface area contributed by atoms with Gasteiger partial charge in [0.15, 0.2) is 0 Å². The van der Waals surface area contributed by atoms with Crippen molar-refractivity contribution in [2.45, 2.75) is 13.3 Å². The maximum atomic E-state index is 12.1. The van der Waals surface area contributed by atoms with Gasteiger partial charge in [-0.3, -0.25) is 9.59 Å². The highest BCUT2D eigenvalue weighted by molar-refractivity contribution is 5.97. The van der Waals surface area contributed by atoms with Crippen LogP contribution < -0.4 is 4.74 Å². The number of nitrogens with zero attached hydrogens (tertiary/aromatic N) is 1. The van der Waals surface area contributed by atoms with Crippen molar-refractivity contribution in [2.75, 3.05) is 27.3 Å². The second-order valence-electron chi connectivity index (χ2n) is 4.16. The van der Waals surface area contributed by atoms with Crippen LogP contribution in [-0.2, 0) is 9.53 Å². The van der Waals surface area contributed by atoms with Crippen molar-refractivity contribution in [3.05, 3.63) is 23.8 Å². The number of carbonyl (C=O) groups is 2. The van der Waals surface area contributed by atoms with Gasteiger partial charge >= 0.3 is 5.97 Å². The van der Waals surface area contributed by atoms with E-state index in [-0.39, 0.29) is 36.2 Å². The standard InChI is InChI=1S/C14H19NO5/c1-4-20-13(17)7-8-15(2)14(18)11-6-5-10(19-3)9-12(11)16/h5-6,9,16H,4,7-8H2,1-3H3. The highest BCUT2D eigenvalue weighted by atomic mass is 16.5. The van der Waals surface area contributed by atoms with Crippen LogP contribution >= 0.6 is 0 Å². The van der Waals surface area contributed by atoms with Crippen molar-refractivity contribution in [3.8, 4) is 11.5 Å². The molecule has 0 fully saturated rings. The summed E-state index contributed by atoms with van der Waals surface area (Å²) >= 11 is 0. The summed E-state index contributed by atoms with van der Waals surface area (Å²) in [6, 6.07) is 4.44. The lowest BCUT2D eigenvalue weighted by Gasteiger charge is -2.17. The third-order valence-corrected chi connectivity index (χ3v) is 2.74. The Morgan fingerprint density at radius 3 is 2.60 bits per heavy atom. The second kappa shape index (κ2) is 7.37. The summed E-state index contributed by atoms with van der Waals surface area (Å²) in [6.45, 7) is 2.26. The number of aromatic hydroxyl groups is 1. The second-order valence-corrected chi connectivity index (χ2v) is 4.16. The first-order valence-corrected chi connectivity index (χ1v) is 6.27. The van der Waals surface area contributed by atoms with Gasteiger partial charge in [0.25, 0.3) is 5.91 Å². The predicted octanol–water partition coefficient (Wildman–Crippen LogP) is 1.43. The minimum Gasteiger partial charge on any atom is -0.507 e. The van der Waals surface area contributed by atoms with Crippen LogP contribution in [0.2, 0.25) is 0 Å². The molecule has 1 N–H and O–H groups in total. The number of benzene rings is 1. The number of carbonyl (C=O) groups excluding carboxylic acids is 2. The lowest BCUT2D eigenvalue weighted by atomic mass is 10.1. The molecule has 0 atom stereocenters. The van der Waals surface area contributed by atoms with E-state index in [1.165, 1.54) is 24.1 Å². The Morgan fingerprint density at radius 1 is 1.35 bits per heavy atom. The molecule has 1 rings (SSSR count). The summed E-state index contributed by atoms with van der Waals surface area (Å²) in [5.74, 6) is -0.411. The molecule has 1 amide bonds.